The van der Waals surface area contributed by atoms with E-state index in [4.69, 9.17) is 14.2 Å². The lowest BCUT2D eigenvalue weighted by molar-refractivity contribution is 0.0713. The van der Waals surface area contributed by atoms with Gasteiger partial charge in [-0.2, -0.15) is 0 Å². The van der Waals surface area contributed by atoms with Crippen molar-refractivity contribution in [3.8, 4) is 28.7 Å². The maximum absolute atomic E-state index is 10.5. The number of hydrogen-bond acceptors (Lipinski definition) is 7. The third kappa shape index (κ3) is 7.43. The second-order valence-corrected chi connectivity index (χ2v) is 9.15. The van der Waals surface area contributed by atoms with E-state index in [0.717, 1.165) is 36.8 Å². The zero-order valence-electron chi connectivity index (χ0n) is 20.2. The van der Waals surface area contributed by atoms with E-state index in [0.29, 0.717) is 42.9 Å². The number of benzene rings is 2. The largest absolute Gasteiger partial charge is 0.504 e. The molecule has 7 nitrogen and oxygen atoms in total. The summed E-state index contributed by atoms with van der Waals surface area (Å²) in [6.07, 6.45) is 6.88. The molecule has 34 heavy (non-hydrogen) atoms. The summed E-state index contributed by atoms with van der Waals surface area (Å²) in [6.45, 7) is 0. The highest BCUT2D eigenvalue weighted by Gasteiger charge is 2.18. The molecule has 2 aromatic rings. The summed E-state index contributed by atoms with van der Waals surface area (Å²) in [4.78, 5) is 0. The van der Waals surface area contributed by atoms with Crippen LogP contribution in [-0.2, 0) is 12.8 Å². The van der Waals surface area contributed by atoms with Crippen LogP contribution >= 0.6 is 0 Å². The lowest BCUT2D eigenvalue weighted by Crippen LogP contribution is -2.20. The van der Waals surface area contributed by atoms with E-state index >= 15 is 0 Å². The Morgan fingerprint density at radius 3 is 1.94 bits per heavy atom. The lowest BCUT2D eigenvalue weighted by atomic mass is 9.97. The Balaban J connectivity index is 1.46. The summed E-state index contributed by atoms with van der Waals surface area (Å²) in [7, 11) is 2.95. The van der Waals surface area contributed by atoms with Crippen LogP contribution in [0, 0.1) is 0 Å². The molecule has 3 rings (SSSR count). The predicted octanol–water partition coefficient (Wildman–Crippen LogP) is 4.50. The van der Waals surface area contributed by atoms with Gasteiger partial charge in [0, 0.05) is 0 Å². The normalized spacial score (nSPS) is 16.1. The monoisotopic (exact) mass is 474 g/mol. The van der Waals surface area contributed by atoms with Crippen molar-refractivity contribution in [3.63, 3.8) is 0 Å². The minimum absolute atomic E-state index is 0.0498. The summed E-state index contributed by atoms with van der Waals surface area (Å²) in [6, 6.07) is 8.79. The Hall–Kier alpha value is -2.64. The van der Waals surface area contributed by atoms with Gasteiger partial charge in [0.25, 0.3) is 0 Å². The van der Waals surface area contributed by atoms with Crippen molar-refractivity contribution in [1.82, 2.24) is 0 Å². The Morgan fingerprint density at radius 2 is 1.35 bits per heavy atom. The third-order valence-corrected chi connectivity index (χ3v) is 6.49. The molecular formula is C27H38O7. The molecule has 0 unspecified atom stereocenters. The smallest absolute Gasteiger partial charge is 0.200 e. The van der Waals surface area contributed by atoms with E-state index in [1.54, 1.807) is 18.2 Å². The number of rotatable bonds is 12. The first-order valence-electron chi connectivity index (χ1n) is 12.2. The molecule has 0 amide bonds. The Morgan fingerprint density at radius 1 is 0.794 bits per heavy atom. The van der Waals surface area contributed by atoms with Crippen LogP contribution in [0.3, 0.4) is 0 Å². The number of aryl methyl sites for hydroxylation is 2. The van der Waals surface area contributed by atoms with Gasteiger partial charge in [0.15, 0.2) is 23.0 Å². The highest BCUT2D eigenvalue weighted by molar-refractivity contribution is 5.52. The van der Waals surface area contributed by atoms with E-state index in [9.17, 15) is 20.4 Å². The van der Waals surface area contributed by atoms with Crippen molar-refractivity contribution in [2.45, 2.75) is 82.5 Å². The Kier molecular flexibility index (Phi) is 9.72. The number of aliphatic hydroxyl groups excluding tert-OH is 2. The minimum Gasteiger partial charge on any atom is -0.504 e. The molecule has 7 heteroatoms. The van der Waals surface area contributed by atoms with E-state index in [1.165, 1.54) is 20.6 Å². The minimum atomic E-state index is -0.661. The molecule has 4 N–H and O–H groups in total. The summed E-state index contributed by atoms with van der Waals surface area (Å²) in [5.74, 6) is 1.26. The first-order valence-corrected chi connectivity index (χ1v) is 12.2. The van der Waals surface area contributed by atoms with Crippen LogP contribution in [0.5, 0.6) is 28.7 Å². The van der Waals surface area contributed by atoms with Gasteiger partial charge in [-0.1, -0.05) is 12.5 Å². The van der Waals surface area contributed by atoms with Gasteiger partial charge in [0.1, 0.15) is 0 Å². The zero-order chi connectivity index (χ0) is 24.5. The molecule has 0 heterocycles. The maximum Gasteiger partial charge on any atom is 0.200 e. The summed E-state index contributed by atoms with van der Waals surface area (Å²) in [5.41, 5.74) is 1.86. The fourth-order valence-electron chi connectivity index (χ4n) is 4.48. The average Bonchev–Trinajstić information content (AvgIpc) is 2.84. The van der Waals surface area contributed by atoms with Gasteiger partial charge in [-0.15, -0.1) is 0 Å². The van der Waals surface area contributed by atoms with Crippen molar-refractivity contribution in [2.75, 3.05) is 14.2 Å². The van der Waals surface area contributed by atoms with Crippen LogP contribution in [0.2, 0.25) is 0 Å². The van der Waals surface area contributed by atoms with Gasteiger partial charge in [-0.3, -0.25) is 0 Å². The molecule has 1 fully saturated rings. The quantitative estimate of drug-likeness (QED) is 0.359. The molecule has 0 saturated heterocycles. The van der Waals surface area contributed by atoms with E-state index in [-0.39, 0.29) is 24.0 Å². The second-order valence-electron chi connectivity index (χ2n) is 9.15. The summed E-state index contributed by atoms with van der Waals surface area (Å²) in [5, 5.41) is 41.1. The predicted molar refractivity (Wildman–Crippen MR) is 130 cm³/mol. The van der Waals surface area contributed by atoms with E-state index < -0.39 is 12.2 Å². The van der Waals surface area contributed by atoms with Crippen LogP contribution in [-0.4, -0.2) is 53.0 Å². The molecule has 188 valence electrons. The Bertz CT molecular complexity index is 883. The van der Waals surface area contributed by atoms with Crippen LogP contribution in [0.15, 0.2) is 30.3 Å². The molecule has 0 spiro atoms. The van der Waals surface area contributed by atoms with Crippen LogP contribution in [0.25, 0.3) is 0 Å². The first-order chi connectivity index (χ1) is 16.4. The summed E-state index contributed by atoms with van der Waals surface area (Å²) >= 11 is 0. The zero-order valence-corrected chi connectivity index (χ0v) is 20.2. The fraction of sp³-hybridized carbons (Fsp3) is 0.556. The average molecular weight is 475 g/mol. The highest BCUT2D eigenvalue weighted by Crippen LogP contribution is 2.37. The molecule has 2 atom stereocenters. The SMILES string of the molecule is COc1cc(CC[C@H](O)C[C@@H](O)CCc2ccc(O)c(OC3CCCCC3)c2)cc(OC)c1O. The number of methoxy groups -OCH3 is 2. The van der Waals surface area contributed by atoms with Crippen molar-refractivity contribution >= 4 is 0 Å². The molecule has 2 aromatic carbocycles. The van der Waals surface area contributed by atoms with Crippen molar-refractivity contribution < 1.29 is 34.6 Å². The number of phenols is 2. The number of hydrogen-bond donors (Lipinski definition) is 4. The van der Waals surface area contributed by atoms with Gasteiger partial charge in [0.2, 0.25) is 5.75 Å². The van der Waals surface area contributed by atoms with Crippen molar-refractivity contribution in [1.29, 1.82) is 0 Å². The van der Waals surface area contributed by atoms with Gasteiger partial charge in [-0.25, -0.2) is 0 Å². The number of phenolic OH excluding ortho intramolecular Hbond substituents is 2. The highest BCUT2D eigenvalue weighted by atomic mass is 16.5. The number of aliphatic hydroxyl groups is 2. The standard InChI is InChI=1S/C27H38O7/c1-32-25-15-19(16-26(33-2)27(25)31)9-12-21(29)17-20(28)11-8-18-10-13-23(30)24(14-18)34-22-6-4-3-5-7-22/h10,13-16,20-22,28-31H,3-9,11-12,17H2,1-2H3/t20-,21-/m0/s1. The molecule has 1 saturated carbocycles. The van der Waals surface area contributed by atoms with Gasteiger partial charge in [-0.05, 0) is 93.2 Å². The lowest BCUT2D eigenvalue weighted by Gasteiger charge is -2.23. The van der Waals surface area contributed by atoms with Gasteiger partial charge in [0.05, 0.1) is 32.5 Å². The van der Waals surface area contributed by atoms with Gasteiger partial charge >= 0.3 is 0 Å². The van der Waals surface area contributed by atoms with Crippen molar-refractivity contribution in [2.24, 2.45) is 0 Å². The van der Waals surface area contributed by atoms with E-state index in [2.05, 4.69) is 0 Å². The van der Waals surface area contributed by atoms with Crippen LogP contribution in [0.1, 0.15) is 62.5 Å². The molecular weight excluding hydrogens is 436 g/mol. The number of aromatic hydroxyl groups is 2. The molecule has 0 aliphatic heterocycles. The molecule has 1 aliphatic carbocycles. The molecule has 1 aliphatic rings. The van der Waals surface area contributed by atoms with Crippen LogP contribution in [0.4, 0.5) is 0 Å². The molecule has 0 aromatic heterocycles. The van der Waals surface area contributed by atoms with Gasteiger partial charge < -0.3 is 34.6 Å². The molecule has 0 radical (unpaired) electrons. The summed E-state index contributed by atoms with van der Waals surface area (Å²) < 4.78 is 16.4. The van der Waals surface area contributed by atoms with Crippen molar-refractivity contribution in [3.05, 3.63) is 41.5 Å². The topological polar surface area (TPSA) is 109 Å². The second kappa shape index (κ2) is 12.7. The first kappa shape index (κ1) is 26.0. The van der Waals surface area contributed by atoms with Crippen LogP contribution < -0.4 is 14.2 Å². The third-order valence-electron chi connectivity index (χ3n) is 6.49. The number of ether oxygens (including phenoxy) is 3. The maximum atomic E-state index is 10.5. The Labute approximate surface area is 201 Å². The fourth-order valence-corrected chi connectivity index (χ4v) is 4.48. The molecule has 0 bridgehead atoms. The van der Waals surface area contributed by atoms with E-state index in [1.807, 2.05) is 12.1 Å².